The molecule has 0 saturated carbocycles. The van der Waals surface area contributed by atoms with Crippen molar-refractivity contribution in [3.05, 3.63) is 30.5 Å². The first-order chi connectivity index (χ1) is 22.1. The molecule has 1 aromatic carbocycles. The number of nitrogens with zero attached hydrogens (tertiary/aromatic N) is 4. The van der Waals surface area contributed by atoms with Crippen molar-refractivity contribution in [2.24, 2.45) is 11.8 Å². The lowest BCUT2D eigenvalue weighted by atomic mass is 9.63. The van der Waals surface area contributed by atoms with Gasteiger partial charge in [-0.15, -0.1) is 5.10 Å². The van der Waals surface area contributed by atoms with Crippen LogP contribution in [0.3, 0.4) is 0 Å². The molecule has 0 radical (unpaired) electrons. The van der Waals surface area contributed by atoms with E-state index in [1.54, 1.807) is 23.6 Å². The molecule has 47 heavy (non-hydrogen) atoms. The standard InChI is InChI=1S/C34H53BN6O6/c1-9-27-34(7)30(23(5)37-20(2)18-33(6,45-8)29(35)21(3)28(42)22(4)31(43)46-27)41(32(44)47-34)16-11-10-15-40-19-26(38-39-40)24-13-12-14-25(36)17-24/h12-14,17,19-23,27,29-30,37H,9-11,15-16,18,35-36H2,1-8H3/t20-,21-,22+,23+,27+,29+,30+,33+,34+/m0/s1. The summed E-state index contributed by atoms with van der Waals surface area (Å²) in [5.74, 6) is -2.36. The molecule has 0 unspecified atom stereocenters. The van der Waals surface area contributed by atoms with Crippen LogP contribution in [0.1, 0.15) is 74.1 Å². The van der Waals surface area contributed by atoms with Crippen molar-refractivity contribution < 1.29 is 28.6 Å². The lowest BCUT2D eigenvalue weighted by Gasteiger charge is -2.44. The number of cyclic esters (lactones) is 1. The molecule has 2 fully saturated rings. The second kappa shape index (κ2) is 14.8. The van der Waals surface area contributed by atoms with Crippen LogP contribution in [-0.4, -0.2) is 94.7 Å². The minimum absolute atomic E-state index is 0.0222. The summed E-state index contributed by atoms with van der Waals surface area (Å²) in [6.07, 6.45) is 3.17. The number of ether oxygens (including phenoxy) is 3. The number of fused-ring (bicyclic) bond motifs is 1. The molecular formula is C34H53BN6O6. The lowest BCUT2D eigenvalue weighted by Crippen LogP contribution is -2.62. The van der Waals surface area contributed by atoms with Crippen LogP contribution < -0.4 is 11.1 Å². The summed E-state index contributed by atoms with van der Waals surface area (Å²) in [4.78, 5) is 42.4. The summed E-state index contributed by atoms with van der Waals surface area (Å²) in [5, 5.41) is 12.3. The van der Waals surface area contributed by atoms with Crippen molar-refractivity contribution >= 4 is 31.4 Å². The Labute approximate surface area is 279 Å². The van der Waals surface area contributed by atoms with Crippen LogP contribution in [0.4, 0.5) is 10.5 Å². The number of amides is 1. The smallest absolute Gasteiger partial charge is 0.410 e. The molecule has 0 bridgehead atoms. The Hall–Kier alpha value is -3.45. The molecule has 2 aliphatic rings. The van der Waals surface area contributed by atoms with Crippen molar-refractivity contribution in [3.8, 4) is 11.3 Å². The van der Waals surface area contributed by atoms with Gasteiger partial charge in [0.25, 0.3) is 0 Å². The van der Waals surface area contributed by atoms with E-state index in [0.29, 0.717) is 38.0 Å². The van der Waals surface area contributed by atoms with E-state index in [2.05, 4.69) is 22.6 Å². The second-order valence-corrected chi connectivity index (χ2v) is 14.0. The maximum Gasteiger partial charge on any atom is 0.410 e. The highest BCUT2D eigenvalue weighted by Gasteiger charge is 2.58. The predicted octanol–water partition coefficient (Wildman–Crippen LogP) is 3.65. The fraction of sp³-hybridized carbons (Fsp3) is 0.676. The van der Waals surface area contributed by atoms with Gasteiger partial charge in [-0.3, -0.25) is 19.2 Å². The average molecular weight is 653 g/mol. The summed E-state index contributed by atoms with van der Waals surface area (Å²) in [7, 11) is 3.66. The molecule has 2 aliphatic heterocycles. The number of nitrogen functional groups attached to an aromatic ring is 1. The van der Waals surface area contributed by atoms with E-state index in [1.807, 2.05) is 72.9 Å². The minimum atomic E-state index is -1.15. The van der Waals surface area contributed by atoms with Crippen molar-refractivity contribution in [3.63, 3.8) is 0 Å². The van der Waals surface area contributed by atoms with Gasteiger partial charge < -0.3 is 25.3 Å². The number of nitrogens with two attached hydrogens (primary N) is 1. The van der Waals surface area contributed by atoms with E-state index in [0.717, 1.165) is 17.7 Å². The monoisotopic (exact) mass is 652 g/mol. The van der Waals surface area contributed by atoms with Crippen LogP contribution in [0.25, 0.3) is 11.3 Å². The van der Waals surface area contributed by atoms with Crippen LogP contribution in [0.2, 0.25) is 5.82 Å². The fourth-order valence-corrected chi connectivity index (χ4v) is 7.57. The number of methoxy groups -OCH3 is 1. The Morgan fingerprint density at radius 3 is 2.49 bits per heavy atom. The van der Waals surface area contributed by atoms with Gasteiger partial charge >= 0.3 is 12.1 Å². The normalized spacial score (nSPS) is 34.0. The fourth-order valence-electron chi connectivity index (χ4n) is 7.57. The van der Waals surface area contributed by atoms with Crippen LogP contribution in [0.15, 0.2) is 30.5 Å². The number of anilines is 1. The molecular weight excluding hydrogens is 599 g/mol. The number of hydrogen-bond donors (Lipinski definition) is 2. The number of aromatic nitrogens is 3. The first-order valence-electron chi connectivity index (χ1n) is 17.0. The maximum atomic E-state index is 13.6. The number of Topliss-reactive ketones (excluding diaryl/α,β-unsaturated/α-hetero) is 1. The number of unbranched alkanes of at least 4 members (excludes halogenated alkanes) is 1. The Morgan fingerprint density at radius 1 is 1.13 bits per heavy atom. The van der Waals surface area contributed by atoms with E-state index in [-0.39, 0.29) is 23.7 Å². The second-order valence-electron chi connectivity index (χ2n) is 14.0. The van der Waals surface area contributed by atoms with Crippen molar-refractivity contribution in [1.82, 2.24) is 25.2 Å². The lowest BCUT2D eigenvalue weighted by molar-refractivity contribution is -0.170. The van der Waals surface area contributed by atoms with Gasteiger partial charge in [0.15, 0.2) is 5.60 Å². The highest BCUT2D eigenvalue weighted by atomic mass is 16.6. The van der Waals surface area contributed by atoms with Gasteiger partial charge in [-0.25, -0.2) is 4.79 Å². The van der Waals surface area contributed by atoms with Crippen molar-refractivity contribution in [2.75, 3.05) is 19.4 Å². The molecule has 0 aliphatic carbocycles. The summed E-state index contributed by atoms with van der Waals surface area (Å²) >= 11 is 0. The molecule has 4 rings (SSSR count). The van der Waals surface area contributed by atoms with Crippen LogP contribution >= 0.6 is 0 Å². The Morgan fingerprint density at radius 2 is 1.83 bits per heavy atom. The molecule has 13 heteroatoms. The van der Waals surface area contributed by atoms with Crippen molar-refractivity contribution in [2.45, 2.75) is 122 Å². The summed E-state index contributed by atoms with van der Waals surface area (Å²) in [6, 6.07) is 6.83. The van der Waals surface area contributed by atoms with Gasteiger partial charge in [-0.2, -0.15) is 0 Å². The number of carbonyl (C=O) groups is 3. The molecule has 2 aromatic rings. The summed E-state index contributed by atoms with van der Waals surface area (Å²) in [5.41, 5.74) is 6.45. The molecule has 3 N–H and O–H groups in total. The van der Waals surface area contributed by atoms with Gasteiger partial charge in [0.05, 0.1) is 17.8 Å². The largest absolute Gasteiger partial charge is 0.458 e. The zero-order chi connectivity index (χ0) is 34.7. The van der Waals surface area contributed by atoms with E-state index in [4.69, 9.17) is 19.9 Å². The summed E-state index contributed by atoms with van der Waals surface area (Å²) in [6.45, 7) is 14.4. The number of hydrogen-bond acceptors (Lipinski definition) is 10. The van der Waals surface area contributed by atoms with Gasteiger partial charge in [0, 0.05) is 49.5 Å². The van der Waals surface area contributed by atoms with E-state index >= 15 is 0 Å². The molecule has 258 valence electrons. The van der Waals surface area contributed by atoms with Gasteiger partial charge in [-0.1, -0.05) is 31.2 Å². The number of esters is 1. The van der Waals surface area contributed by atoms with E-state index in [9.17, 15) is 14.4 Å². The van der Waals surface area contributed by atoms with Crippen LogP contribution in [0, 0.1) is 11.8 Å². The third-order valence-electron chi connectivity index (χ3n) is 10.6. The highest BCUT2D eigenvalue weighted by Crippen LogP contribution is 2.40. The molecule has 2 saturated heterocycles. The molecule has 1 amide bonds. The van der Waals surface area contributed by atoms with Crippen LogP contribution in [0.5, 0.6) is 0 Å². The van der Waals surface area contributed by atoms with Gasteiger partial charge in [0.1, 0.15) is 31.3 Å². The third kappa shape index (κ3) is 7.67. The number of aryl methyl sites for hydroxylation is 1. The Balaban J connectivity index is 1.55. The zero-order valence-electron chi connectivity index (χ0n) is 29.5. The van der Waals surface area contributed by atoms with Gasteiger partial charge in [-0.05, 0) is 78.3 Å². The van der Waals surface area contributed by atoms with Crippen molar-refractivity contribution in [1.29, 1.82) is 0 Å². The predicted molar refractivity (Wildman–Crippen MR) is 182 cm³/mol. The van der Waals surface area contributed by atoms with E-state index < -0.39 is 47.2 Å². The SMILES string of the molecule is B[C@@H]1[C@@H](C)C(=O)[C@@H](C)C(=O)O[C@H](CC)[C@@]2(C)OC(=O)N(CCCCn3cc(-c4cccc(N)c4)nn3)[C@@H]2[C@@H](C)N[C@@H](C)C[C@@]1(C)OC. The average Bonchev–Trinajstić information content (AvgIpc) is 3.61. The quantitative estimate of drug-likeness (QED) is 0.142. The number of ketones is 1. The van der Waals surface area contributed by atoms with Gasteiger partial charge in [0.2, 0.25) is 0 Å². The third-order valence-corrected chi connectivity index (χ3v) is 10.6. The summed E-state index contributed by atoms with van der Waals surface area (Å²) < 4.78 is 20.0. The number of benzene rings is 1. The van der Waals surface area contributed by atoms with Crippen LogP contribution in [-0.2, 0) is 30.3 Å². The molecule has 0 spiro atoms. The first-order valence-corrected chi connectivity index (χ1v) is 17.0. The van der Waals surface area contributed by atoms with E-state index in [1.165, 1.54) is 0 Å². The Bertz CT molecular complexity index is 1420. The number of rotatable bonds is 8. The number of nitrogens with one attached hydrogen (secondary N) is 1. The highest BCUT2D eigenvalue weighted by molar-refractivity contribution is 6.15. The first kappa shape index (κ1) is 36.4. The maximum absolute atomic E-state index is 13.6. The molecule has 1 aromatic heterocycles. The topological polar surface area (TPSA) is 151 Å². The molecule has 3 heterocycles. The molecule has 12 nitrogen and oxygen atoms in total. The Kier molecular flexibility index (Phi) is 11.4. The number of carbonyl (C=O) groups excluding carboxylic acids is 3. The minimum Gasteiger partial charge on any atom is -0.458 e. The zero-order valence-corrected chi connectivity index (χ0v) is 29.5. The molecule has 9 atom stereocenters.